The minimum Gasteiger partial charge on any atom is -0.378 e. The van der Waals surface area contributed by atoms with E-state index in [4.69, 9.17) is 0 Å². The van der Waals surface area contributed by atoms with Crippen molar-refractivity contribution in [2.45, 2.75) is 0 Å². The molecule has 98 valence electrons. The fraction of sp³-hybridized carbons (Fsp3) is 0.133. The molecule has 0 aliphatic rings. The Balaban J connectivity index is 2.08. The summed E-state index contributed by atoms with van der Waals surface area (Å²) in [5.41, 5.74) is 2.19. The van der Waals surface area contributed by atoms with Crippen LogP contribution in [0.4, 0.5) is 15.8 Å². The molecule has 0 bridgehead atoms. The number of hydrogen-bond acceptors (Lipinski definition) is 2. The molecule has 3 nitrogen and oxygen atoms in total. The van der Waals surface area contributed by atoms with E-state index in [9.17, 15) is 9.18 Å². The largest absolute Gasteiger partial charge is 0.378 e. The molecule has 1 N–H and O–H groups in total. The van der Waals surface area contributed by atoms with Crippen LogP contribution in [-0.4, -0.2) is 20.0 Å². The molecular formula is C15H15FN2O. The predicted octanol–water partition coefficient (Wildman–Crippen LogP) is 3.14. The molecule has 4 heteroatoms. The first-order chi connectivity index (χ1) is 9.06. The van der Waals surface area contributed by atoms with Gasteiger partial charge in [0.15, 0.2) is 0 Å². The lowest BCUT2D eigenvalue weighted by atomic mass is 10.2. The van der Waals surface area contributed by atoms with Gasteiger partial charge >= 0.3 is 0 Å². The number of nitrogens with one attached hydrogen (secondary N) is 1. The van der Waals surface area contributed by atoms with E-state index in [1.807, 2.05) is 43.3 Å². The summed E-state index contributed by atoms with van der Waals surface area (Å²) in [6.07, 6.45) is 0. The lowest BCUT2D eigenvalue weighted by molar-refractivity contribution is 0.102. The van der Waals surface area contributed by atoms with Crippen LogP contribution < -0.4 is 10.2 Å². The predicted molar refractivity (Wildman–Crippen MR) is 75.1 cm³/mol. The third kappa shape index (κ3) is 3.31. The summed E-state index contributed by atoms with van der Waals surface area (Å²) in [6.45, 7) is 0. The monoisotopic (exact) mass is 258 g/mol. The molecule has 0 unspecified atom stereocenters. The molecule has 0 atom stereocenters. The molecule has 19 heavy (non-hydrogen) atoms. The molecule has 2 aromatic carbocycles. The van der Waals surface area contributed by atoms with Gasteiger partial charge in [-0.15, -0.1) is 0 Å². The average Bonchev–Trinajstić information content (AvgIpc) is 2.40. The van der Waals surface area contributed by atoms with Crippen LogP contribution in [0.25, 0.3) is 0 Å². The second-order valence-electron chi connectivity index (χ2n) is 4.40. The lowest BCUT2D eigenvalue weighted by Gasteiger charge is -2.13. The van der Waals surface area contributed by atoms with Crippen molar-refractivity contribution < 1.29 is 9.18 Å². The lowest BCUT2D eigenvalue weighted by Crippen LogP contribution is -2.12. The van der Waals surface area contributed by atoms with Gasteiger partial charge in [-0.05, 0) is 48.5 Å². The fourth-order valence-corrected chi connectivity index (χ4v) is 1.65. The zero-order valence-electron chi connectivity index (χ0n) is 10.9. The van der Waals surface area contributed by atoms with Crippen LogP contribution in [-0.2, 0) is 0 Å². The van der Waals surface area contributed by atoms with Crippen molar-refractivity contribution in [3.63, 3.8) is 0 Å². The molecule has 0 spiro atoms. The van der Waals surface area contributed by atoms with Gasteiger partial charge in [-0.25, -0.2) is 4.39 Å². The van der Waals surface area contributed by atoms with Gasteiger partial charge in [0.25, 0.3) is 5.91 Å². The highest BCUT2D eigenvalue weighted by Gasteiger charge is 2.06. The van der Waals surface area contributed by atoms with Gasteiger partial charge in [0.2, 0.25) is 0 Å². The van der Waals surface area contributed by atoms with E-state index in [0.717, 1.165) is 5.69 Å². The van der Waals surface area contributed by atoms with E-state index >= 15 is 0 Å². The molecular weight excluding hydrogens is 243 g/mol. The number of rotatable bonds is 3. The molecule has 1 amide bonds. The molecule has 0 saturated carbocycles. The molecule has 0 aliphatic heterocycles. The molecule has 0 saturated heterocycles. The summed E-state index contributed by atoms with van der Waals surface area (Å²) in [5, 5.41) is 2.76. The first-order valence-electron chi connectivity index (χ1n) is 5.90. The zero-order chi connectivity index (χ0) is 13.8. The minimum atomic E-state index is -0.355. The van der Waals surface area contributed by atoms with Crippen molar-refractivity contribution in [3.05, 3.63) is 59.9 Å². The van der Waals surface area contributed by atoms with Gasteiger partial charge in [0.05, 0.1) is 0 Å². The van der Waals surface area contributed by atoms with Crippen LogP contribution in [0.5, 0.6) is 0 Å². The number of halogens is 1. The number of nitrogens with zero attached hydrogens (tertiary/aromatic N) is 1. The number of carbonyl (C=O) groups excluding carboxylic acids is 1. The quantitative estimate of drug-likeness (QED) is 0.917. The van der Waals surface area contributed by atoms with Gasteiger partial charge in [-0.3, -0.25) is 4.79 Å². The fourth-order valence-electron chi connectivity index (χ4n) is 1.65. The molecule has 2 aromatic rings. The summed E-state index contributed by atoms with van der Waals surface area (Å²) in [7, 11) is 3.90. The van der Waals surface area contributed by atoms with Gasteiger partial charge in [-0.1, -0.05) is 0 Å². The van der Waals surface area contributed by atoms with Gasteiger partial charge < -0.3 is 10.2 Å². The standard InChI is InChI=1S/C15H15FN2O/c1-18(2)14-9-7-13(8-10-14)17-15(19)11-3-5-12(16)6-4-11/h3-10H,1-2H3,(H,17,19). The maximum atomic E-state index is 12.8. The van der Waals surface area contributed by atoms with E-state index in [-0.39, 0.29) is 11.7 Å². The molecule has 0 aliphatic carbocycles. The van der Waals surface area contributed by atoms with Crippen LogP contribution >= 0.6 is 0 Å². The van der Waals surface area contributed by atoms with Crippen LogP contribution in [0.2, 0.25) is 0 Å². The second kappa shape index (κ2) is 5.52. The second-order valence-corrected chi connectivity index (χ2v) is 4.40. The van der Waals surface area contributed by atoms with E-state index < -0.39 is 0 Å². The summed E-state index contributed by atoms with van der Waals surface area (Å²) < 4.78 is 12.8. The normalized spacial score (nSPS) is 10.1. The Kier molecular flexibility index (Phi) is 3.80. The van der Waals surface area contributed by atoms with Gasteiger partial charge in [0, 0.05) is 31.0 Å². The summed E-state index contributed by atoms with van der Waals surface area (Å²) in [4.78, 5) is 13.9. The first-order valence-corrected chi connectivity index (χ1v) is 5.90. The number of anilines is 2. The van der Waals surface area contributed by atoms with E-state index in [1.54, 1.807) is 0 Å². The Bertz CT molecular complexity index is 562. The third-order valence-electron chi connectivity index (χ3n) is 2.75. The minimum absolute atomic E-state index is 0.252. The van der Waals surface area contributed by atoms with Gasteiger partial charge in [0.1, 0.15) is 5.82 Å². The Labute approximate surface area is 111 Å². The van der Waals surface area contributed by atoms with Gasteiger partial charge in [-0.2, -0.15) is 0 Å². The zero-order valence-corrected chi connectivity index (χ0v) is 10.9. The van der Waals surface area contributed by atoms with Crippen LogP contribution in [0.3, 0.4) is 0 Å². The Morgan fingerprint density at radius 2 is 1.58 bits per heavy atom. The number of carbonyl (C=O) groups is 1. The van der Waals surface area contributed by atoms with Crippen LogP contribution in [0.15, 0.2) is 48.5 Å². The average molecular weight is 258 g/mol. The molecule has 0 radical (unpaired) electrons. The summed E-state index contributed by atoms with van der Waals surface area (Å²) in [6, 6.07) is 12.9. The van der Waals surface area contributed by atoms with E-state index in [2.05, 4.69) is 5.32 Å². The Morgan fingerprint density at radius 1 is 1.00 bits per heavy atom. The highest BCUT2D eigenvalue weighted by atomic mass is 19.1. The van der Waals surface area contributed by atoms with Crippen molar-refractivity contribution in [1.82, 2.24) is 0 Å². The van der Waals surface area contributed by atoms with Crippen molar-refractivity contribution in [2.24, 2.45) is 0 Å². The number of amides is 1. The summed E-state index contributed by atoms with van der Waals surface area (Å²) in [5.74, 6) is -0.607. The maximum absolute atomic E-state index is 12.8. The highest BCUT2D eigenvalue weighted by Crippen LogP contribution is 2.16. The van der Waals surface area contributed by atoms with Crippen LogP contribution in [0, 0.1) is 5.82 Å². The molecule has 0 aromatic heterocycles. The first kappa shape index (κ1) is 13.1. The van der Waals surface area contributed by atoms with Crippen LogP contribution in [0.1, 0.15) is 10.4 Å². The SMILES string of the molecule is CN(C)c1ccc(NC(=O)c2ccc(F)cc2)cc1. The van der Waals surface area contributed by atoms with Crippen molar-refractivity contribution in [3.8, 4) is 0 Å². The molecule has 0 fully saturated rings. The van der Waals surface area contributed by atoms with Crippen molar-refractivity contribution >= 4 is 17.3 Å². The molecule has 2 rings (SSSR count). The Morgan fingerprint density at radius 3 is 2.11 bits per heavy atom. The maximum Gasteiger partial charge on any atom is 0.255 e. The van der Waals surface area contributed by atoms with E-state index in [1.165, 1.54) is 24.3 Å². The topological polar surface area (TPSA) is 32.3 Å². The smallest absolute Gasteiger partial charge is 0.255 e. The van der Waals surface area contributed by atoms with E-state index in [0.29, 0.717) is 11.3 Å². The molecule has 0 heterocycles. The third-order valence-corrected chi connectivity index (χ3v) is 2.75. The summed E-state index contributed by atoms with van der Waals surface area (Å²) >= 11 is 0. The number of benzene rings is 2. The van der Waals surface area contributed by atoms with Crippen molar-refractivity contribution in [1.29, 1.82) is 0 Å². The highest BCUT2D eigenvalue weighted by molar-refractivity contribution is 6.04. The number of hydrogen-bond donors (Lipinski definition) is 1. The van der Waals surface area contributed by atoms with Crippen molar-refractivity contribution in [2.75, 3.05) is 24.3 Å². The Hall–Kier alpha value is -2.36.